The lowest BCUT2D eigenvalue weighted by Crippen LogP contribution is -2.42. The third-order valence-electron chi connectivity index (χ3n) is 5.00. The van der Waals surface area contributed by atoms with Crippen molar-refractivity contribution in [1.82, 2.24) is 10.2 Å². The van der Waals surface area contributed by atoms with E-state index >= 15 is 0 Å². The standard InChI is InChI=1S/C17H34N2O/c1-13(2)9-18-10-16-5-6-17(20-16)12-19-8-7-14(3)15(4)11-19/h13-18H,5-12H2,1-4H3. The molecule has 20 heavy (non-hydrogen) atoms. The second kappa shape index (κ2) is 7.77. The summed E-state index contributed by atoms with van der Waals surface area (Å²) in [5.74, 6) is 2.46. The van der Waals surface area contributed by atoms with Gasteiger partial charge in [-0.1, -0.05) is 27.7 Å². The Labute approximate surface area is 125 Å². The quantitative estimate of drug-likeness (QED) is 0.811. The van der Waals surface area contributed by atoms with Crippen molar-refractivity contribution in [2.45, 2.75) is 59.2 Å². The summed E-state index contributed by atoms with van der Waals surface area (Å²) in [6.07, 6.45) is 4.75. The summed E-state index contributed by atoms with van der Waals surface area (Å²) >= 11 is 0. The van der Waals surface area contributed by atoms with E-state index in [9.17, 15) is 0 Å². The first kappa shape index (κ1) is 16.3. The SMILES string of the molecule is CC(C)CNCC1CCC(CN2CCC(C)C(C)C2)O1. The fourth-order valence-corrected chi connectivity index (χ4v) is 3.40. The molecular weight excluding hydrogens is 248 g/mol. The number of hydrogen-bond acceptors (Lipinski definition) is 3. The molecule has 2 aliphatic rings. The van der Waals surface area contributed by atoms with Crippen LogP contribution in [0.4, 0.5) is 0 Å². The van der Waals surface area contributed by atoms with Crippen LogP contribution in [0.25, 0.3) is 0 Å². The van der Waals surface area contributed by atoms with Gasteiger partial charge in [-0.2, -0.15) is 0 Å². The first-order chi connectivity index (χ1) is 9.54. The molecule has 0 saturated carbocycles. The fraction of sp³-hybridized carbons (Fsp3) is 1.00. The number of piperidine rings is 1. The van der Waals surface area contributed by atoms with E-state index in [-0.39, 0.29) is 0 Å². The van der Waals surface area contributed by atoms with Gasteiger partial charge in [0.2, 0.25) is 0 Å². The number of ether oxygens (including phenoxy) is 1. The zero-order valence-electron chi connectivity index (χ0n) is 13.9. The van der Waals surface area contributed by atoms with E-state index in [0.29, 0.717) is 12.2 Å². The molecule has 1 N–H and O–H groups in total. The molecule has 0 bridgehead atoms. The highest BCUT2D eigenvalue weighted by atomic mass is 16.5. The van der Waals surface area contributed by atoms with Gasteiger partial charge >= 0.3 is 0 Å². The summed E-state index contributed by atoms with van der Waals surface area (Å²) < 4.78 is 6.20. The van der Waals surface area contributed by atoms with Crippen molar-refractivity contribution in [2.75, 3.05) is 32.7 Å². The summed E-state index contributed by atoms with van der Waals surface area (Å²) in [5, 5.41) is 3.53. The summed E-state index contributed by atoms with van der Waals surface area (Å²) in [5.41, 5.74) is 0. The van der Waals surface area contributed by atoms with Crippen molar-refractivity contribution in [2.24, 2.45) is 17.8 Å². The van der Waals surface area contributed by atoms with Crippen LogP contribution in [0.2, 0.25) is 0 Å². The molecule has 2 fully saturated rings. The monoisotopic (exact) mass is 282 g/mol. The minimum absolute atomic E-state index is 0.444. The van der Waals surface area contributed by atoms with Gasteiger partial charge < -0.3 is 15.0 Å². The van der Waals surface area contributed by atoms with Crippen molar-refractivity contribution in [1.29, 1.82) is 0 Å². The highest BCUT2D eigenvalue weighted by Gasteiger charge is 2.29. The summed E-state index contributed by atoms with van der Waals surface area (Å²) in [7, 11) is 0. The van der Waals surface area contributed by atoms with Crippen molar-refractivity contribution in [3.63, 3.8) is 0 Å². The van der Waals surface area contributed by atoms with Crippen LogP contribution < -0.4 is 5.32 Å². The zero-order chi connectivity index (χ0) is 14.5. The lowest BCUT2D eigenvalue weighted by molar-refractivity contribution is 0.0106. The molecule has 3 heteroatoms. The predicted molar refractivity (Wildman–Crippen MR) is 85.0 cm³/mol. The molecule has 4 atom stereocenters. The Hall–Kier alpha value is -0.120. The third-order valence-corrected chi connectivity index (χ3v) is 5.00. The molecule has 0 aromatic heterocycles. The smallest absolute Gasteiger partial charge is 0.0707 e. The minimum atomic E-state index is 0.444. The van der Waals surface area contributed by atoms with E-state index in [0.717, 1.165) is 37.4 Å². The lowest BCUT2D eigenvalue weighted by atomic mass is 9.88. The van der Waals surface area contributed by atoms with Gasteiger partial charge in [0.05, 0.1) is 12.2 Å². The van der Waals surface area contributed by atoms with Crippen LogP contribution >= 0.6 is 0 Å². The molecule has 2 aliphatic heterocycles. The molecule has 0 aromatic rings. The van der Waals surface area contributed by atoms with E-state index in [1.807, 2.05) is 0 Å². The fourth-order valence-electron chi connectivity index (χ4n) is 3.40. The topological polar surface area (TPSA) is 24.5 Å². The van der Waals surface area contributed by atoms with E-state index in [1.54, 1.807) is 0 Å². The number of hydrogen-bond donors (Lipinski definition) is 1. The maximum atomic E-state index is 6.20. The Bertz CT molecular complexity index is 282. The predicted octanol–water partition coefficient (Wildman–Crippen LogP) is 2.76. The van der Waals surface area contributed by atoms with Crippen LogP contribution in [0, 0.1) is 17.8 Å². The van der Waals surface area contributed by atoms with Crippen LogP contribution in [0.3, 0.4) is 0 Å². The van der Waals surface area contributed by atoms with Crippen molar-refractivity contribution < 1.29 is 4.74 Å². The van der Waals surface area contributed by atoms with Crippen molar-refractivity contribution in [3.05, 3.63) is 0 Å². The molecule has 0 amide bonds. The summed E-state index contributed by atoms with van der Waals surface area (Å²) in [6, 6.07) is 0. The van der Waals surface area contributed by atoms with Gasteiger partial charge in [-0.15, -0.1) is 0 Å². The lowest BCUT2D eigenvalue weighted by Gasteiger charge is -2.36. The molecule has 3 nitrogen and oxygen atoms in total. The van der Waals surface area contributed by atoms with E-state index in [1.165, 1.54) is 32.4 Å². The molecule has 118 valence electrons. The maximum absolute atomic E-state index is 6.20. The molecule has 2 heterocycles. The Kier molecular flexibility index (Phi) is 6.31. The Morgan fingerprint density at radius 1 is 1.10 bits per heavy atom. The molecular formula is C17H34N2O. The molecule has 2 saturated heterocycles. The number of rotatable bonds is 6. The number of likely N-dealkylation sites (tertiary alicyclic amines) is 1. The maximum Gasteiger partial charge on any atom is 0.0707 e. The van der Waals surface area contributed by atoms with Gasteiger partial charge in [0.15, 0.2) is 0 Å². The number of nitrogens with one attached hydrogen (secondary N) is 1. The zero-order valence-corrected chi connectivity index (χ0v) is 13.9. The summed E-state index contributed by atoms with van der Waals surface area (Å²) in [4.78, 5) is 2.62. The first-order valence-corrected chi connectivity index (χ1v) is 8.63. The van der Waals surface area contributed by atoms with Crippen LogP contribution in [0.5, 0.6) is 0 Å². The van der Waals surface area contributed by atoms with Crippen LogP contribution in [-0.2, 0) is 4.74 Å². The van der Waals surface area contributed by atoms with Crippen LogP contribution in [0.1, 0.15) is 47.0 Å². The molecule has 2 rings (SSSR count). The Morgan fingerprint density at radius 2 is 1.85 bits per heavy atom. The molecule has 0 aliphatic carbocycles. The molecule has 4 unspecified atom stereocenters. The van der Waals surface area contributed by atoms with Gasteiger partial charge in [-0.25, -0.2) is 0 Å². The second-order valence-corrected chi connectivity index (χ2v) is 7.51. The van der Waals surface area contributed by atoms with Crippen molar-refractivity contribution >= 4 is 0 Å². The number of nitrogens with zero attached hydrogens (tertiary/aromatic N) is 1. The van der Waals surface area contributed by atoms with Gasteiger partial charge in [0, 0.05) is 19.6 Å². The van der Waals surface area contributed by atoms with Crippen LogP contribution in [-0.4, -0.2) is 49.8 Å². The average molecular weight is 282 g/mol. The van der Waals surface area contributed by atoms with Crippen LogP contribution in [0.15, 0.2) is 0 Å². The molecule has 0 radical (unpaired) electrons. The molecule has 0 aromatic carbocycles. The molecule has 0 spiro atoms. The Balaban J connectivity index is 1.63. The normalized spacial score (nSPS) is 35.9. The van der Waals surface area contributed by atoms with Gasteiger partial charge in [-0.05, 0) is 50.1 Å². The summed E-state index contributed by atoms with van der Waals surface area (Å²) in [6.45, 7) is 15.1. The average Bonchev–Trinajstić information content (AvgIpc) is 2.81. The van der Waals surface area contributed by atoms with Gasteiger partial charge in [0.25, 0.3) is 0 Å². The van der Waals surface area contributed by atoms with E-state index in [2.05, 4.69) is 37.9 Å². The highest BCUT2D eigenvalue weighted by molar-refractivity contribution is 4.81. The second-order valence-electron chi connectivity index (χ2n) is 7.51. The van der Waals surface area contributed by atoms with Gasteiger partial charge in [0.1, 0.15) is 0 Å². The minimum Gasteiger partial charge on any atom is -0.372 e. The van der Waals surface area contributed by atoms with Gasteiger partial charge in [-0.3, -0.25) is 0 Å². The largest absolute Gasteiger partial charge is 0.372 e. The van der Waals surface area contributed by atoms with E-state index in [4.69, 9.17) is 4.74 Å². The van der Waals surface area contributed by atoms with Crippen molar-refractivity contribution in [3.8, 4) is 0 Å². The first-order valence-electron chi connectivity index (χ1n) is 8.63. The third kappa shape index (κ3) is 5.01. The Morgan fingerprint density at radius 3 is 2.55 bits per heavy atom. The highest BCUT2D eigenvalue weighted by Crippen LogP contribution is 2.25. The van der Waals surface area contributed by atoms with E-state index < -0.39 is 0 Å².